The molecule has 3 rings (SSSR count). The second-order valence-electron chi connectivity index (χ2n) is 5.61. The first-order valence-electron chi connectivity index (χ1n) is 7.98. The Morgan fingerprint density at radius 3 is 2.69 bits per heavy atom. The minimum absolute atomic E-state index is 0.208. The lowest BCUT2D eigenvalue weighted by molar-refractivity contribution is 0.246. The van der Waals surface area contributed by atoms with Crippen LogP contribution in [0.4, 0.5) is 10.5 Å². The van der Waals surface area contributed by atoms with Crippen LogP contribution in [0.5, 0.6) is 5.88 Å². The monoisotopic (exact) mass is 352 g/mol. The number of aryl methyl sites for hydroxylation is 1. The lowest BCUT2D eigenvalue weighted by atomic mass is 10.1. The Bertz CT molecular complexity index is 894. The van der Waals surface area contributed by atoms with Crippen LogP contribution in [0.25, 0.3) is 5.69 Å². The molecule has 134 valence electrons. The number of anilines is 1. The van der Waals surface area contributed by atoms with Crippen molar-refractivity contribution in [3.8, 4) is 11.6 Å². The fourth-order valence-corrected chi connectivity index (χ4v) is 2.53. The van der Waals surface area contributed by atoms with Crippen LogP contribution < -0.4 is 26.9 Å². The predicted molar refractivity (Wildman–Crippen MR) is 98.5 cm³/mol. The number of nitrogens with zero attached hydrogens (tertiary/aromatic N) is 3. The highest BCUT2D eigenvalue weighted by molar-refractivity contribution is 5.91. The largest absolute Gasteiger partial charge is 0.472 e. The number of carbonyl (C=O) groups excluding carboxylic acids is 1. The Hall–Kier alpha value is -3.36. The summed E-state index contributed by atoms with van der Waals surface area (Å²) in [5, 5.41) is 5.35. The first-order chi connectivity index (χ1) is 12.6. The van der Waals surface area contributed by atoms with Crippen molar-refractivity contribution in [2.75, 3.05) is 5.01 Å². The number of amides is 2. The van der Waals surface area contributed by atoms with E-state index in [0.717, 1.165) is 21.8 Å². The van der Waals surface area contributed by atoms with Gasteiger partial charge in [0.2, 0.25) is 5.88 Å². The van der Waals surface area contributed by atoms with E-state index in [1.165, 1.54) is 0 Å². The van der Waals surface area contributed by atoms with Gasteiger partial charge < -0.3 is 4.74 Å². The third kappa shape index (κ3) is 3.66. The number of nitrogens with one attached hydrogen (secondary N) is 1. The Balaban J connectivity index is 1.78. The first kappa shape index (κ1) is 17.5. The van der Waals surface area contributed by atoms with Crippen LogP contribution in [0.2, 0.25) is 0 Å². The number of urea groups is 1. The number of nitrogens with two attached hydrogens (primary N) is 2. The van der Waals surface area contributed by atoms with Crippen LogP contribution in [0.1, 0.15) is 11.1 Å². The quantitative estimate of drug-likeness (QED) is 0.369. The molecule has 0 spiro atoms. The van der Waals surface area contributed by atoms with Crippen LogP contribution in [-0.2, 0) is 6.61 Å². The van der Waals surface area contributed by atoms with Gasteiger partial charge >= 0.3 is 6.03 Å². The Morgan fingerprint density at radius 2 is 1.96 bits per heavy atom. The van der Waals surface area contributed by atoms with Crippen molar-refractivity contribution in [2.45, 2.75) is 13.5 Å². The van der Waals surface area contributed by atoms with Crippen molar-refractivity contribution >= 4 is 11.7 Å². The van der Waals surface area contributed by atoms with E-state index in [0.29, 0.717) is 11.6 Å². The second-order valence-corrected chi connectivity index (χ2v) is 5.61. The molecule has 0 aliphatic heterocycles. The second kappa shape index (κ2) is 7.68. The number of hydrogen-bond donors (Lipinski definition) is 3. The summed E-state index contributed by atoms with van der Waals surface area (Å²) in [6, 6.07) is 16.3. The van der Waals surface area contributed by atoms with E-state index in [-0.39, 0.29) is 6.61 Å². The third-order valence-corrected chi connectivity index (χ3v) is 3.94. The zero-order chi connectivity index (χ0) is 18.5. The number of para-hydroxylation sites is 1. The van der Waals surface area contributed by atoms with E-state index in [1.54, 1.807) is 16.8 Å². The highest BCUT2D eigenvalue weighted by Gasteiger charge is 2.16. The normalized spacial score (nSPS) is 10.4. The van der Waals surface area contributed by atoms with Gasteiger partial charge in [0.05, 0.1) is 11.4 Å². The predicted octanol–water partition coefficient (Wildman–Crippen LogP) is 2.02. The molecule has 8 nitrogen and oxygen atoms in total. The molecule has 0 fully saturated rings. The zero-order valence-electron chi connectivity index (χ0n) is 14.3. The van der Waals surface area contributed by atoms with Gasteiger partial charge in [-0.3, -0.25) is 5.43 Å². The number of ether oxygens (including phenoxy) is 1. The van der Waals surface area contributed by atoms with Gasteiger partial charge in [0, 0.05) is 17.8 Å². The van der Waals surface area contributed by atoms with Crippen LogP contribution in [-0.4, -0.2) is 15.8 Å². The number of hydrogen-bond acceptors (Lipinski definition) is 5. The first-order valence-corrected chi connectivity index (χ1v) is 7.98. The van der Waals surface area contributed by atoms with E-state index in [4.69, 9.17) is 16.4 Å². The number of benzene rings is 2. The molecule has 5 N–H and O–H groups in total. The lowest BCUT2D eigenvalue weighted by Crippen LogP contribution is -2.48. The topological polar surface area (TPSA) is 111 Å². The van der Waals surface area contributed by atoms with E-state index < -0.39 is 6.03 Å². The van der Waals surface area contributed by atoms with Crippen LogP contribution in [0, 0.1) is 6.92 Å². The SMILES string of the molecule is Cc1cccc(N(N)C(=O)NN)c1COc1ccn(-c2ccccc2)n1. The van der Waals surface area contributed by atoms with E-state index in [2.05, 4.69) is 5.10 Å². The molecule has 0 atom stereocenters. The molecule has 0 radical (unpaired) electrons. The highest BCUT2D eigenvalue weighted by atomic mass is 16.5. The number of hydrazine groups is 2. The maximum absolute atomic E-state index is 11.7. The summed E-state index contributed by atoms with van der Waals surface area (Å²) < 4.78 is 7.53. The lowest BCUT2D eigenvalue weighted by Gasteiger charge is -2.20. The molecule has 0 saturated carbocycles. The summed E-state index contributed by atoms with van der Waals surface area (Å²) in [4.78, 5) is 11.7. The molecule has 0 saturated heterocycles. The molecule has 2 aromatic carbocycles. The van der Waals surface area contributed by atoms with Gasteiger partial charge in [0.15, 0.2) is 0 Å². The van der Waals surface area contributed by atoms with Gasteiger partial charge in [-0.25, -0.2) is 26.2 Å². The van der Waals surface area contributed by atoms with Gasteiger partial charge in [0.25, 0.3) is 0 Å². The fraction of sp³-hybridized carbons (Fsp3) is 0.111. The number of rotatable bonds is 5. The Labute approximate surface area is 150 Å². The van der Waals surface area contributed by atoms with Crippen molar-refractivity contribution in [3.63, 3.8) is 0 Å². The Morgan fingerprint density at radius 1 is 1.19 bits per heavy atom. The number of carbonyl (C=O) groups is 1. The van der Waals surface area contributed by atoms with Crippen LogP contribution in [0.3, 0.4) is 0 Å². The minimum Gasteiger partial charge on any atom is -0.472 e. The van der Waals surface area contributed by atoms with Crippen molar-refractivity contribution in [2.24, 2.45) is 11.7 Å². The molecular weight excluding hydrogens is 332 g/mol. The maximum atomic E-state index is 11.7. The average molecular weight is 352 g/mol. The minimum atomic E-state index is -0.620. The summed E-state index contributed by atoms with van der Waals surface area (Å²) in [7, 11) is 0. The molecule has 3 aromatic rings. The molecule has 1 heterocycles. The molecule has 0 unspecified atom stereocenters. The van der Waals surface area contributed by atoms with E-state index >= 15 is 0 Å². The molecule has 0 aliphatic carbocycles. The summed E-state index contributed by atoms with van der Waals surface area (Å²) in [6.45, 7) is 2.12. The zero-order valence-corrected chi connectivity index (χ0v) is 14.3. The fourth-order valence-electron chi connectivity index (χ4n) is 2.53. The van der Waals surface area contributed by atoms with E-state index in [9.17, 15) is 4.79 Å². The molecule has 8 heteroatoms. The van der Waals surface area contributed by atoms with Gasteiger partial charge in [0.1, 0.15) is 6.61 Å². The Kier molecular flexibility index (Phi) is 5.16. The van der Waals surface area contributed by atoms with Crippen molar-refractivity contribution in [1.82, 2.24) is 15.2 Å². The summed E-state index contributed by atoms with van der Waals surface area (Å²) in [5.74, 6) is 11.5. The van der Waals surface area contributed by atoms with E-state index in [1.807, 2.05) is 61.0 Å². The highest BCUT2D eigenvalue weighted by Crippen LogP contribution is 2.24. The number of aromatic nitrogens is 2. The molecular formula is C18H20N6O2. The molecule has 26 heavy (non-hydrogen) atoms. The van der Waals surface area contributed by atoms with Gasteiger partial charge in [-0.1, -0.05) is 30.3 Å². The third-order valence-electron chi connectivity index (χ3n) is 3.94. The van der Waals surface area contributed by atoms with Crippen LogP contribution >= 0.6 is 0 Å². The van der Waals surface area contributed by atoms with Gasteiger partial charge in [-0.05, 0) is 30.7 Å². The summed E-state index contributed by atoms with van der Waals surface area (Å²) in [5.41, 5.74) is 5.16. The maximum Gasteiger partial charge on any atom is 0.350 e. The van der Waals surface area contributed by atoms with Gasteiger partial charge in [-0.15, -0.1) is 5.10 Å². The molecule has 2 amide bonds. The molecule has 1 aromatic heterocycles. The van der Waals surface area contributed by atoms with Gasteiger partial charge in [-0.2, -0.15) is 0 Å². The standard InChI is InChI=1S/C18H20N6O2/c1-13-6-5-9-16(24(20)18(25)21-19)15(13)12-26-17-10-11-23(22-17)14-7-3-2-4-8-14/h2-11H,12,19-20H2,1H3,(H,21,25). The van der Waals surface area contributed by atoms with Crippen molar-refractivity contribution < 1.29 is 9.53 Å². The molecule has 0 bridgehead atoms. The van der Waals surface area contributed by atoms with Crippen molar-refractivity contribution in [1.29, 1.82) is 0 Å². The smallest absolute Gasteiger partial charge is 0.350 e. The molecule has 0 aliphatic rings. The summed E-state index contributed by atoms with van der Waals surface area (Å²) >= 11 is 0. The average Bonchev–Trinajstić information content (AvgIpc) is 3.15. The van der Waals surface area contributed by atoms with Crippen LogP contribution in [0.15, 0.2) is 60.8 Å². The summed E-state index contributed by atoms with van der Waals surface area (Å²) in [6.07, 6.45) is 1.82. The van der Waals surface area contributed by atoms with Crippen molar-refractivity contribution in [3.05, 3.63) is 71.9 Å².